The largest absolute Gasteiger partial charge is 0.338 e. The molecule has 2 aromatic rings. The predicted molar refractivity (Wildman–Crippen MR) is 77.6 cm³/mol. The molecule has 2 rings (SSSR count). The van der Waals surface area contributed by atoms with Crippen molar-refractivity contribution < 1.29 is 13.6 Å². The molecule has 4 heteroatoms. The van der Waals surface area contributed by atoms with Gasteiger partial charge in [-0.3, -0.25) is 4.79 Å². The van der Waals surface area contributed by atoms with E-state index >= 15 is 0 Å². The molecule has 0 aromatic heterocycles. The number of rotatable bonds is 5. The van der Waals surface area contributed by atoms with E-state index in [1.807, 2.05) is 6.92 Å². The van der Waals surface area contributed by atoms with Crippen molar-refractivity contribution in [2.75, 3.05) is 6.54 Å². The molecule has 0 aliphatic carbocycles. The Morgan fingerprint density at radius 3 is 2.14 bits per heavy atom. The van der Waals surface area contributed by atoms with Gasteiger partial charge >= 0.3 is 0 Å². The highest BCUT2D eigenvalue weighted by atomic mass is 19.1. The van der Waals surface area contributed by atoms with Crippen molar-refractivity contribution in [2.45, 2.75) is 19.9 Å². The molecule has 0 saturated heterocycles. The third-order valence-corrected chi connectivity index (χ3v) is 3.24. The van der Waals surface area contributed by atoms with Crippen LogP contribution in [0, 0.1) is 11.6 Å². The number of benzene rings is 2. The highest BCUT2D eigenvalue weighted by molar-refractivity contribution is 5.78. The fourth-order valence-electron chi connectivity index (χ4n) is 2.17. The first-order valence-corrected chi connectivity index (χ1v) is 6.85. The van der Waals surface area contributed by atoms with Crippen molar-refractivity contribution in [3.05, 3.63) is 71.3 Å². The molecular formula is C17H17F2NO. The Labute approximate surface area is 123 Å². The number of hydrogen-bond acceptors (Lipinski definition) is 1. The minimum Gasteiger partial charge on any atom is -0.338 e. The number of amides is 1. The Morgan fingerprint density at radius 2 is 1.57 bits per heavy atom. The van der Waals surface area contributed by atoms with Crippen LogP contribution >= 0.6 is 0 Å². The lowest BCUT2D eigenvalue weighted by atomic mass is 10.1. The maximum Gasteiger partial charge on any atom is 0.227 e. The van der Waals surface area contributed by atoms with Crippen LogP contribution in [0.3, 0.4) is 0 Å². The molecule has 21 heavy (non-hydrogen) atoms. The van der Waals surface area contributed by atoms with Gasteiger partial charge in [0.25, 0.3) is 0 Å². The molecule has 0 saturated carbocycles. The van der Waals surface area contributed by atoms with E-state index in [0.29, 0.717) is 18.7 Å². The smallest absolute Gasteiger partial charge is 0.227 e. The first kappa shape index (κ1) is 15.2. The van der Waals surface area contributed by atoms with Gasteiger partial charge in [-0.2, -0.15) is 0 Å². The summed E-state index contributed by atoms with van der Waals surface area (Å²) < 4.78 is 26.3. The highest BCUT2D eigenvalue weighted by Gasteiger charge is 2.13. The second kappa shape index (κ2) is 6.97. The summed E-state index contributed by atoms with van der Waals surface area (Å²) in [4.78, 5) is 13.9. The Balaban J connectivity index is 2.05. The Bertz CT molecular complexity index is 628. The lowest BCUT2D eigenvalue weighted by Gasteiger charge is -2.21. The van der Waals surface area contributed by atoms with Gasteiger partial charge in [0.2, 0.25) is 5.91 Å². The standard InChI is InChI=1S/C17H17F2NO/c1-2-20(12-14-6-4-8-16(19)10-14)17(21)11-13-5-3-7-15(18)9-13/h3-10H,2,11-12H2,1H3. The number of carbonyl (C=O) groups excluding carboxylic acids is 1. The van der Waals surface area contributed by atoms with Crippen molar-refractivity contribution in [2.24, 2.45) is 0 Å². The van der Waals surface area contributed by atoms with Crippen molar-refractivity contribution in [1.29, 1.82) is 0 Å². The van der Waals surface area contributed by atoms with Crippen LogP contribution < -0.4 is 0 Å². The monoisotopic (exact) mass is 289 g/mol. The number of carbonyl (C=O) groups is 1. The molecule has 0 spiro atoms. The number of nitrogens with zero attached hydrogens (tertiary/aromatic N) is 1. The summed E-state index contributed by atoms with van der Waals surface area (Å²) in [7, 11) is 0. The van der Waals surface area contributed by atoms with E-state index in [-0.39, 0.29) is 24.0 Å². The summed E-state index contributed by atoms with van der Waals surface area (Å²) in [5.41, 5.74) is 1.38. The lowest BCUT2D eigenvalue weighted by molar-refractivity contribution is -0.130. The second-order valence-electron chi connectivity index (χ2n) is 4.84. The maximum atomic E-state index is 13.2. The third kappa shape index (κ3) is 4.38. The van der Waals surface area contributed by atoms with Crippen LogP contribution in [0.2, 0.25) is 0 Å². The van der Waals surface area contributed by atoms with Gasteiger partial charge in [0.05, 0.1) is 6.42 Å². The van der Waals surface area contributed by atoms with Crippen LogP contribution in [-0.4, -0.2) is 17.4 Å². The summed E-state index contributed by atoms with van der Waals surface area (Å²) in [5.74, 6) is -0.776. The third-order valence-electron chi connectivity index (χ3n) is 3.24. The van der Waals surface area contributed by atoms with E-state index in [2.05, 4.69) is 0 Å². The average molecular weight is 289 g/mol. The predicted octanol–water partition coefficient (Wildman–Crippen LogP) is 3.56. The van der Waals surface area contributed by atoms with E-state index in [0.717, 1.165) is 5.56 Å². The van der Waals surface area contributed by atoms with Crippen molar-refractivity contribution in [3.8, 4) is 0 Å². The van der Waals surface area contributed by atoms with E-state index < -0.39 is 0 Å². The minimum absolute atomic E-state index is 0.104. The van der Waals surface area contributed by atoms with Gasteiger partial charge in [0.15, 0.2) is 0 Å². The average Bonchev–Trinajstić information content (AvgIpc) is 2.44. The topological polar surface area (TPSA) is 20.3 Å². The molecule has 0 bridgehead atoms. The van der Waals surface area contributed by atoms with Crippen molar-refractivity contribution in [3.63, 3.8) is 0 Å². The van der Waals surface area contributed by atoms with Crippen molar-refractivity contribution in [1.82, 2.24) is 4.90 Å². The molecule has 0 N–H and O–H groups in total. The van der Waals surface area contributed by atoms with Crippen LogP contribution in [0.15, 0.2) is 48.5 Å². The minimum atomic E-state index is -0.353. The van der Waals surface area contributed by atoms with Gasteiger partial charge in [-0.25, -0.2) is 8.78 Å². The number of halogens is 2. The highest BCUT2D eigenvalue weighted by Crippen LogP contribution is 2.10. The quantitative estimate of drug-likeness (QED) is 0.824. The first-order chi connectivity index (χ1) is 10.1. The van der Waals surface area contributed by atoms with Crippen LogP contribution in [-0.2, 0) is 17.8 Å². The second-order valence-corrected chi connectivity index (χ2v) is 4.84. The number of likely N-dealkylation sites (N-methyl/N-ethyl adjacent to an activating group) is 1. The molecule has 0 fully saturated rings. The Hall–Kier alpha value is -2.23. The van der Waals surface area contributed by atoms with Gasteiger partial charge in [-0.1, -0.05) is 24.3 Å². The van der Waals surface area contributed by atoms with Crippen LogP contribution in [0.4, 0.5) is 8.78 Å². The maximum absolute atomic E-state index is 13.2. The summed E-state index contributed by atoms with van der Waals surface area (Å²) in [6.07, 6.45) is 0.140. The molecule has 110 valence electrons. The van der Waals surface area contributed by atoms with Crippen LogP contribution in [0.1, 0.15) is 18.1 Å². The molecule has 1 amide bonds. The molecule has 0 aliphatic heterocycles. The molecule has 0 radical (unpaired) electrons. The molecule has 2 nitrogen and oxygen atoms in total. The van der Waals surface area contributed by atoms with Gasteiger partial charge in [0, 0.05) is 13.1 Å². The van der Waals surface area contributed by atoms with E-state index in [9.17, 15) is 13.6 Å². The summed E-state index contributed by atoms with van der Waals surface area (Å²) in [5, 5.41) is 0. The molecule has 0 aliphatic rings. The molecule has 0 atom stereocenters. The van der Waals surface area contributed by atoms with E-state index in [1.54, 1.807) is 29.2 Å². The molecule has 0 heterocycles. The summed E-state index contributed by atoms with van der Waals surface area (Å²) in [6, 6.07) is 12.2. The van der Waals surface area contributed by atoms with Crippen LogP contribution in [0.25, 0.3) is 0 Å². The summed E-state index contributed by atoms with van der Waals surface area (Å²) >= 11 is 0. The van der Waals surface area contributed by atoms with E-state index in [4.69, 9.17) is 0 Å². The zero-order valence-corrected chi connectivity index (χ0v) is 11.9. The van der Waals surface area contributed by atoms with Gasteiger partial charge in [0.1, 0.15) is 11.6 Å². The van der Waals surface area contributed by atoms with Gasteiger partial charge in [-0.15, -0.1) is 0 Å². The first-order valence-electron chi connectivity index (χ1n) is 6.85. The van der Waals surface area contributed by atoms with Crippen molar-refractivity contribution >= 4 is 5.91 Å². The molecular weight excluding hydrogens is 272 g/mol. The molecule has 0 unspecified atom stereocenters. The fraction of sp³-hybridized carbons (Fsp3) is 0.235. The lowest BCUT2D eigenvalue weighted by Crippen LogP contribution is -2.31. The Kier molecular flexibility index (Phi) is 5.04. The zero-order valence-electron chi connectivity index (χ0n) is 11.9. The van der Waals surface area contributed by atoms with Crippen LogP contribution in [0.5, 0.6) is 0 Å². The van der Waals surface area contributed by atoms with E-state index in [1.165, 1.54) is 24.3 Å². The fourth-order valence-corrected chi connectivity index (χ4v) is 2.17. The Morgan fingerprint density at radius 1 is 1.00 bits per heavy atom. The summed E-state index contributed by atoms with van der Waals surface area (Å²) in [6.45, 7) is 2.73. The normalized spacial score (nSPS) is 10.4. The molecule has 2 aromatic carbocycles. The SMILES string of the molecule is CCN(Cc1cccc(F)c1)C(=O)Cc1cccc(F)c1. The van der Waals surface area contributed by atoms with Gasteiger partial charge in [-0.05, 0) is 42.3 Å². The zero-order chi connectivity index (χ0) is 15.2. The number of hydrogen-bond donors (Lipinski definition) is 0. The van der Waals surface area contributed by atoms with Gasteiger partial charge < -0.3 is 4.90 Å².